The van der Waals surface area contributed by atoms with Gasteiger partial charge in [0.2, 0.25) is 0 Å². The molecule has 68 valence electrons. The third-order valence-corrected chi connectivity index (χ3v) is 1.77. The lowest BCUT2D eigenvalue weighted by Gasteiger charge is -2.02. The minimum absolute atomic E-state index is 0.412. The normalized spacial score (nSPS) is 10.5. The summed E-state index contributed by atoms with van der Waals surface area (Å²) in [6.07, 6.45) is 0. The van der Waals surface area contributed by atoms with Gasteiger partial charge >= 0.3 is 0 Å². The molecule has 0 radical (unpaired) electrons. The molecule has 0 atom stereocenters. The van der Waals surface area contributed by atoms with Crippen LogP contribution in [0.3, 0.4) is 0 Å². The number of anilines is 2. The lowest BCUT2D eigenvalue weighted by atomic mass is 10.2. The van der Waals surface area contributed by atoms with E-state index in [0.717, 1.165) is 11.1 Å². The molecule has 2 rings (SSSR count). The number of benzene rings is 1. The van der Waals surface area contributed by atoms with E-state index >= 15 is 0 Å². The van der Waals surface area contributed by atoms with Gasteiger partial charge in [0.1, 0.15) is 0 Å². The molecule has 0 amide bonds. The first kappa shape index (κ1) is 7.88. The molecule has 5 heteroatoms. The molecular formula is C8H10N4O. The largest absolute Gasteiger partial charge is 0.380 e. The van der Waals surface area contributed by atoms with Crippen LogP contribution in [-0.2, 0) is 0 Å². The summed E-state index contributed by atoms with van der Waals surface area (Å²) in [5.41, 5.74) is 13.0. The third kappa shape index (κ3) is 1.29. The summed E-state index contributed by atoms with van der Waals surface area (Å²) >= 11 is 0. The van der Waals surface area contributed by atoms with Gasteiger partial charge < -0.3 is 15.7 Å². The zero-order valence-corrected chi connectivity index (χ0v) is 7.16. The van der Waals surface area contributed by atoms with E-state index in [-0.39, 0.29) is 0 Å². The van der Waals surface area contributed by atoms with Gasteiger partial charge in [-0.3, -0.25) is 0 Å². The first-order chi connectivity index (χ1) is 6.31. The third-order valence-electron chi connectivity index (χ3n) is 1.77. The fraction of sp³-hybridized carbons (Fsp3) is 0.125. The monoisotopic (exact) mass is 178 g/mol. The van der Waals surface area contributed by atoms with E-state index in [9.17, 15) is 0 Å². The molecule has 0 saturated heterocycles. The summed E-state index contributed by atoms with van der Waals surface area (Å²) in [5.74, 6) is 0.412. The Bertz CT molecular complexity index is 423. The number of hydrogen-bond acceptors (Lipinski definition) is 5. The second-order valence-electron chi connectivity index (χ2n) is 2.65. The number of fused-ring (bicyclic) bond motifs is 1. The molecule has 1 heterocycles. The van der Waals surface area contributed by atoms with Gasteiger partial charge in [-0.2, -0.15) is 0 Å². The highest BCUT2D eigenvalue weighted by molar-refractivity contribution is 5.89. The summed E-state index contributed by atoms with van der Waals surface area (Å²) in [5, 5.41) is 4.47. The van der Waals surface area contributed by atoms with Gasteiger partial charge in [0.25, 0.3) is 0 Å². The SMILES string of the molecule is CNNc1ccc2onc(N)c2c1. The number of hydrazine groups is 1. The lowest BCUT2D eigenvalue weighted by Crippen LogP contribution is -2.14. The predicted octanol–water partition coefficient (Wildman–Crippen LogP) is 0.956. The standard InChI is InChI=1S/C8H10N4O/c1-10-11-5-2-3-7-6(4-5)8(9)12-13-7/h2-4,10-11H,1H3,(H2,9,12). The van der Waals surface area contributed by atoms with Gasteiger partial charge in [0, 0.05) is 12.7 Å². The molecule has 1 aromatic carbocycles. The zero-order chi connectivity index (χ0) is 9.26. The van der Waals surface area contributed by atoms with E-state index in [0.29, 0.717) is 11.4 Å². The summed E-state index contributed by atoms with van der Waals surface area (Å²) in [6.45, 7) is 0. The molecule has 0 aliphatic carbocycles. The van der Waals surface area contributed by atoms with Crippen molar-refractivity contribution in [2.75, 3.05) is 18.2 Å². The van der Waals surface area contributed by atoms with E-state index in [1.807, 2.05) is 18.2 Å². The highest BCUT2D eigenvalue weighted by atomic mass is 16.5. The molecule has 0 fully saturated rings. The van der Waals surface area contributed by atoms with E-state index in [4.69, 9.17) is 10.3 Å². The van der Waals surface area contributed by atoms with E-state index in [2.05, 4.69) is 16.0 Å². The molecule has 13 heavy (non-hydrogen) atoms. The maximum Gasteiger partial charge on any atom is 0.174 e. The number of nitrogens with two attached hydrogens (primary N) is 1. The summed E-state index contributed by atoms with van der Waals surface area (Å²) < 4.78 is 4.96. The second kappa shape index (κ2) is 2.95. The van der Waals surface area contributed by atoms with Crippen molar-refractivity contribution in [2.24, 2.45) is 0 Å². The molecule has 1 aromatic heterocycles. The smallest absolute Gasteiger partial charge is 0.174 e. The topological polar surface area (TPSA) is 76.1 Å². The quantitative estimate of drug-likeness (QED) is 0.597. The van der Waals surface area contributed by atoms with Gasteiger partial charge in [-0.15, -0.1) is 0 Å². The molecule has 0 spiro atoms. The van der Waals surface area contributed by atoms with Gasteiger partial charge in [-0.1, -0.05) is 5.16 Å². The molecule has 2 aromatic rings. The summed E-state index contributed by atoms with van der Waals surface area (Å²) in [7, 11) is 1.79. The van der Waals surface area contributed by atoms with Crippen LogP contribution >= 0.6 is 0 Å². The van der Waals surface area contributed by atoms with Crippen molar-refractivity contribution in [1.29, 1.82) is 0 Å². The Balaban J connectivity index is 2.53. The maximum atomic E-state index is 5.59. The number of hydrogen-bond donors (Lipinski definition) is 3. The molecule has 0 aliphatic heterocycles. The van der Waals surface area contributed by atoms with E-state index in [1.165, 1.54) is 0 Å². The van der Waals surface area contributed by atoms with Crippen molar-refractivity contribution in [1.82, 2.24) is 10.6 Å². The molecule has 0 saturated carbocycles. The van der Waals surface area contributed by atoms with Crippen molar-refractivity contribution in [3.05, 3.63) is 18.2 Å². The average molecular weight is 178 g/mol. The molecule has 5 nitrogen and oxygen atoms in total. The second-order valence-corrected chi connectivity index (χ2v) is 2.65. The number of nitrogens with one attached hydrogen (secondary N) is 2. The predicted molar refractivity (Wildman–Crippen MR) is 51.1 cm³/mol. The van der Waals surface area contributed by atoms with Crippen molar-refractivity contribution in [2.45, 2.75) is 0 Å². The van der Waals surface area contributed by atoms with E-state index in [1.54, 1.807) is 7.05 Å². The van der Waals surface area contributed by atoms with Crippen molar-refractivity contribution in [3.8, 4) is 0 Å². The molecule has 4 N–H and O–H groups in total. The van der Waals surface area contributed by atoms with Gasteiger partial charge in [-0.05, 0) is 18.2 Å². The Kier molecular flexibility index (Phi) is 1.79. The highest BCUT2D eigenvalue weighted by Gasteiger charge is 2.04. The van der Waals surface area contributed by atoms with Crippen molar-refractivity contribution in [3.63, 3.8) is 0 Å². The Morgan fingerprint density at radius 1 is 1.46 bits per heavy atom. The number of nitrogens with zero attached hydrogens (tertiary/aromatic N) is 1. The van der Waals surface area contributed by atoms with Crippen molar-refractivity contribution < 1.29 is 4.52 Å². The lowest BCUT2D eigenvalue weighted by molar-refractivity contribution is 0.460. The van der Waals surface area contributed by atoms with Crippen LogP contribution in [0.4, 0.5) is 11.5 Å². The molecular weight excluding hydrogens is 168 g/mol. The van der Waals surface area contributed by atoms with Gasteiger partial charge in [-0.25, -0.2) is 5.43 Å². The van der Waals surface area contributed by atoms with Gasteiger partial charge in [0.05, 0.1) is 5.39 Å². The Labute approximate surface area is 74.9 Å². The zero-order valence-electron chi connectivity index (χ0n) is 7.16. The number of rotatable bonds is 2. The fourth-order valence-corrected chi connectivity index (χ4v) is 1.18. The van der Waals surface area contributed by atoms with Crippen LogP contribution in [0.2, 0.25) is 0 Å². The van der Waals surface area contributed by atoms with E-state index < -0.39 is 0 Å². The van der Waals surface area contributed by atoms with Crippen LogP contribution in [0.1, 0.15) is 0 Å². The first-order valence-corrected chi connectivity index (χ1v) is 3.89. The van der Waals surface area contributed by atoms with Crippen LogP contribution < -0.4 is 16.6 Å². The summed E-state index contributed by atoms with van der Waals surface area (Å²) in [6, 6.07) is 5.57. The van der Waals surface area contributed by atoms with Crippen LogP contribution in [0, 0.1) is 0 Å². The van der Waals surface area contributed by atoms with Crippen LogP contribution in [0.15, 0.2) is 22.7 Å². The van der Waals surface area contributed by atoms with Gasteiger partial charge in [0.15, 0.2) is 11.4 Å². The first-order valence-electron chi connectivity index (χ1n) is 3.89. The molecule has 0 bridgehead atoms. The summed E-state index contributed by atoms with van der Waals surface area (Å²) in [4.78, 5) is 0. The fourth-order valence-electron chi connectivity index (χ4n) is 1.18. The number of aromatic nitrogens is 1. The highest BCUT2D eigenvalue weighted by Crippen LogP contribution is 2.23. The Morgan fingerprint density at radius 3 is 3.08 bits per heavy atom. The maximum absolute atomic E-state index is 5.59. The van der Waals surface area contributed by atoms with Crippen LogP contribution in [-0.4, -0.2) is 12.2 Å². The van der Waals surface area contributed by atoms with Crippen molar-refractivity contribution >= 4 is 22.5 Å². The van der Waals surface area contributed by atoms with Crippen LogP contribution in [0.25, 0.3) is 11.0 Å². The minimum Gasteiger partial charge on any atom is -0.380 e. The molecule has 0 unspecified atom stereocenters. The Morgan fingerprint density at radius 2 is 2.31 bits per heavy atom. The number of nitrogen functional groups attached to an aromatic ring is 1. The molecule has 0 aliphatic rings. The average Bonchev–Trinajstić information content (AvgIpc) is 2.49. The Hall–Kier alpha value is -1.75. The van der Waals surface area contributed by atoms with Crippen LogP contribution in [0.5, 0.6) is 0 Å². The minimum atomic E-state index is 0.412.